The third-order valence-corrected chi connectivity index (χ3v) is 4.46. The van der Waals surface area contributed by atoms with Crippen LogP contribution in [-0.4, -0.2) is 65.5 Å². The van der Waals surface area contributed by atoms with Crippen LogP contribution in [0.5, 0.6) is 6.01 Å². The van der Waals surface area contributed by atoms with Crippen molar-refractivity contribution in [2.75, 3.05) is 20.1 Å². The van der Waals surface area contributed by atoms with Crippen molar-refractivity contribution in [2.45, 2.75) is 38.7 Å². The minimum Gasteiger partial charge on any atom is -0.460 e. The minimum absolute atomic E-state index is 0.134. The van der Waals surface area contributed by atoms with E-state index in [0.717, 1.165) is 31.6 Å². The number of hydrogen-bond acceptors (Lipinski definition) is 7. The Bertz CT molecular complexity index is 849. The van der Waals surface area contributed by atoms with Gasteiger partial charge in [0, 0.05) is 19.2 Å². The SMILES string of the molecule is CC(C)c1cc2nc(OC3CCN(C)CC3)nc(-n3cncn3)n2n1. The number of aromatic nitrogens is 7. The normalized spacial score (nSPS) is 16.8. The van der Waals surface area contributed by atoms with Gasteiger partial charge in [0.1, 0.15) is 18.8 Å². The van der Waals surface area contributed by atoms with E-state index in [1.165, 1.54) is 6.33 Å². The van der Waals surface area contributed by atoms with Crippen molar-refractivity contribution in [3.05, 3.63) is 24.4 Å². The van der Waals surface area contributed by atoms with Crippen LogP contribution in [0.2, 0.25) is 0 Å². The van der Waals surface area contributed by atoms with Crippen LogP contribution in [0.15, 0.2) is 18.7 Å². The maximum absolute atomic E-state index is 6.07. The van der Waals surface area contributed by atoms with Crippen molar-refractivity contribution in [3.63, 3.8) is 0 Å². The van der Waals surface area contributed by atoms with E-state index in [1.54, 1.807) is 15.5 Å². The summed E-state index contributed by atoms with van der Waals surface area (Å²) in [5, 5.41) is 8.79. The number of hydrogen-bond donors (Lipinski definition) is 0. The minimum atomic E-state index is 0.134. The highest BCUT2D eigenvalue weighted by molar-refractivity contribution is 5.43. The smallest absolute Gasteiger partial charge is 0.322 e. The molecular weight excluding hydrogens is 320 g/mol. The van der Waals surface area contributed by atoms with Gasteiger partial charge in [-0.2, -0.15) is 29.4 Å². The van der Waals surface area contributed by atoms with Gasteiger partial charge in [-0.15, -0.1) is 0 Å². The zero-order valence-electron chi connectivity index (χ0n) is 14.7. The Morgan fingerprint density at radius 2 is 2.00 bits per heavy atom. The predicted octanol–water partition coefficient (Wildman–Crippen LogP) is 1.30. The molecular formula is C16H22N8O. The zero-order valence-corrected chi connectivity index (χ0v) is 14.7. The van der Waals surface area contributed by atoms with Gasteiger partial charge >= 0.3 is 6.01 Å². The van der Waals surface area contributed by atoms with E-state index in [4.69, 9.17) is 4.74 Å². The van der Waals surface area contributed by atoms with Crippen molar-refractivity contribution in [1.29, 1.82) is 0 Å². The van der Waals surface area contributed by atoms with Crippen molar-refractivity contribution < 1.29 is 4.74 Å². The fraction of sp³-hybridized carbons (Fsp3) is 0.562. The highest BCUT2D eigenvalue weighted by atomic mass is 16.5. The second-order valence-electron chi connectivity index (χ2n) is 6.76. The molecule has 9 nitrogen and oxygen atoms in total. The molecule has 0 aromatic carbocycles. The maximum Gasteiger partial charge on any atom is 0.322 e. The number of fused-ring (bicyclic) bond motifs is 1. The summed E-state index contributed by atoms with van der Waals surface area (Å²) in [7, 11) is 2.13. The van der Waals surface area contributed by atoms with Gasteiger partial charge in [0.2, 0.25) is 0 Å². The summed E-state index contributed by atoms with van der Waals surface area (Å²) in [6, 6.07) is 2.33. The zero-order chi connectivity index (χ0) is 17.4. The number of piperidine rings is 1. The van der Waals surface area contributed by atoms with Gasteiger partial charge in [-0.25, -0.2) is 4.98 Å². The first-order valence-corrected chi connectivity index (χ1v) is 8.58. The van der Waals surface area contributed by atoms with Crippen LogP contribution in [0.3, 0.4) is 0 Å². The van der Waals surface area contributed by atoms with E-state index in [-0.39, 0.29) is 6.10 Å². The summed E-state index contributed by atoms with van der Waals surface area (Å²) < 4.78 is 9.33. The van der Waals surface area contributed by atoms with Crippen LogP contribution in [0, 0.1) is 0 Å². The van der Waals surface area contributed by atoms with Crippen molar-refractivity contribution in [3.8, 4) is 12.0 Å². The molecule has 3 aromatic heterocycles. The molecule has 0 spiro atoms. The largest absolute Gasteiger partial charge is 0.460 e. The first-order chi connectivity index (χ1) is 12.1. The first-order valence-electron chi connectivity index (χ1n) is 8.58. The van der Waals surface area contributed by atoms with Crippen LogP contribution in [0.1, 0.15) is 38.3 Å². The number of ether oxygens (including phenoxy) is 1. The van der Waals surface area contributed by atoms with Crippen LogP contribution >= 0.6 is 0 Å². The number of likely N-dealkylation sites (tertiary alicyclic amines) is 1. The van der Waals surface area contributed by atoms with Gasteiger partial charge in [-0.05, 0) is 25.8 Å². The quantitative estimate of drug-likeness (QED) is 0.706. The first kappa shape index (κ1) is 15.9. The highest BCUT2D eigenvalue weighted by Crippen LogP contribution is 2.20. The molecule has 0 N–H and O–H groups in total. The summed E-state index contributed by atoms with van der Waals surface area (Å²) >= 11 is 0. The molecule has 1 aliphatic heterocycles. The Labute approximate surface area is 145 Å². The molecule has 0 aliphatic carbocycles. The fourth-order valence-electron chi connectivity index (χ4n) is 2.92. The molecule has 4 rings (SSSR count). The topological polar surface area (TPSA) is 86.3 Å². The lowest BCUT2D eigenvalue weighted by molar-refractivity contribution is 0.105. The highest BCUT2D eigenvalue weighted by Gasteiger charge is 2.21. The standard InChI is InChI=1S/C16H22N8O/c1-11(2)13-8-14-19-15(25-12-4-6-22(3)7-5-12)20-16(24(14)21-13)23-10-17-9-18-23/h8-12H,4-7H2,1-3H3. The van der Waals surface area contributed by atoms with E-state index in [1.807, 2.05) is 6.07 Å². The molecule has 1 saturated heterocycles. The summed E-state index contributed by atoms with van der Waals surface area (Å²) in [6.07, 6.45) is 5.14. The van der Waals surface area contributed by atoms with E-state index in [0.29, 0.717) is 23.5 Å². The van der Waals surface area contributed by atoms with E-state index in [2.05, 4.69) is 50.9 Å². The van der Waals surface area contributed by atoms with Crippen molar-refractivity contribution in [1.82, 2.24) is 39.2 Å². The molecule has 3 aromatic rings. The third-order valence-electron chi connectivity index (χ3n) is 4.46. The lowest BCUT2D eigenvalue weighted by Gasteiger charge is -2.28. The Balaban J connectivity index is 1.72. The van der Waals surface area contributed by atoms with Crippen LogP contribution in [-0.2, 0) is 0 Å². The van der Waals surface area contributed by atoms with Gasteiger partial charge in [-0.3, -0.25) is 0 Å². The van der Waals surface area contributed by atoms with Gasteiger partial charge in [-0.1, -0.05) is 13.8 Å². The molecule has 1 fully saturated rings. The van der Waals surface area contributed by atoms with Crippen LogP contribution < -0.4 is 4.74 Å². The molecule has 9 heteroatoms. The lowest BCUT2D eigenvalue weighted by Crippen LogP contribution is -2.36. The summed E-state index contributed by atoms with van der Waals surface area (Å²) in [5.41, 5.74) is 1.65. The second kappa shape index (κ2) is 6.40. The maximum atomic E-state index is 6.07. The molecule has 0 unspecified atom stereocenters. The molecule has 0 radical (unpaired) electrons. The summed E-state index contributed by atoms with van der Waals surface area (Å²) in [4.78, 5) is 15.4. The molecule has 4 heterocycles. The number of rotatable bonds is 4. The van der Waals surface area contributed by atoms with Gasteiger partial charge < -0.3 is 9.64 Å². The van der Waals surface area contributed by atoms with Gasteiger partial charge in [0.25, 0.3) is 5.95 Å². The van der Waals surface area contributed by atoms with Crippen molar-refractivity contribution in [2.24, 2.45) is 0 Å². The molecule has 0 saturated carbocycles. The van der Waals surface area contributed by atoms with Gasteiger partial charge in [0.05, 0.1) is 5.69 Å². The van der Waals surface area contributed by atoms with E-state index >= 15 is 0 Å². The average Bonchev–Trinajstić information content (AvgIpc) is 3.25. The second-order valence-corrected chi connectivity index (χ2v) is 6.76. The molecule has 132 valence electrons. The lowest BCUT2D eigenvalue weighted by atomic mass is 10.1. The molecule has 0 amide bonds. The molecule has 0 atom stereocenters. The predicted molar refractivity (Wildman–Crippen MR) is 90.9 cm³/mol. The monoisotopic (exact) mass is 342 g/mol. The summed E-state index contributed by atoms with van der Waals surface area (Å²) in [5.74, 6) is 0.820. The van der Waals surface area contributed by atoms with E-state index < -0.39 is 0 Å². The Hall–Kier alpha value is -2.55. The fourth-order valence-corrected chi connectivity index (χ4v) is 2.92. The van der Waals surface area contributed by atoms with Crippen LogP contribution in [0.25, 0.3) is 11.6 Å². The third kappa shape index (κ3) is 3.19. The van der Waals surface area contributed by atoms with Crippen LogP contribution in [0.4, 0.5) is 0 Å². The number of nitrogens with zero attached hydrogens (tertiary/aromatic N) is 8. The van der Waals surface area contributed by atoms with Crippen molar-refractivity contribution >= 4 is 5.65 Å². The Morgan fingerprint density at radius 1 is 1.20 bits per heavy atom. The summed E-state index contributed by atoms with van der Waals surface area (Å²) in [6.45, 7) is 6.24. The Morgan fingerprint density at radius 3 is 2.68 bits per heavy atom. The average molecular weight is 342 g/mol. The molecule has 25 heavy (non-hydrogen) atoms. The Kier molecular flexibility index (Phi) is 4.08. The molecule has 0 bridgehead atoms. The van der Waals surface area contributed by atoms with Gasteiger partial charge in [0.15, 0.2) is 5.65 Å². The molecule has 1 aliphatic rings. The van der Waals surface area contributed by atoms with E-state index in [9.17, 15) is 0 Å².